The smallest absolute Gasteiger partial charge is 0.206 e. The monoisotopic (exact) mass is 352 g/mol. The molecule has 4 atom stereocenters. The van der Waals surface area contributed by atoms with Crippen molar-refractivity contribution in [3.05, 3.63) is 27.5 Å². The summed E-state index contributed by atoms with van der Waals surface area (Å²) in [5, 5.41) is 29.7. The van der Waals surface area contributed by atoms with Crippen molar-refractivity contribution >= 4 is 45.8 Å². The standard InChI is InChI=1S/C12H11Cl3N2O4/c13-4-1-6-7(2-5(4)14)17(12(15)16-6)11-10(20)9(19)8(3-18)21-11/h1-2,8-11,18-20H,3H2/t8-,9+,10+,11-/m1/s1. The fourth-order valence-electron chi connectivity index (χ4n) is 2.40. The second-order valence-electron chi connectivity index (χ2n) is 4.73. The van der Waals surface area contributed by atoms with Crippen molar-refractivity contribution in [2.24, 2.45) is 0 Å². The van der Waals surface area contributed by atoms with Crippen molar-refractivity contribution in [1.29, 1.82) is 0 Å². The zero-order valence-corrected chi connectivity index (χ0v) is 12.7. The van der Waals surface area contributed by atoms with Gasteiger partial charge in [-0.1, -0.05) is 23.2 Å². The minimum atomic E-state index is -1.26. The van der Waals surface area contributed by atoms with Gasteiger partial charge in [0.2, 0.25) is 5.28 Å². The Hall–Kier alpha value is -0.600. The van der Waals surface area contributed by atoms with Crippen molar-refractivity contribution in [1.82, 2.24) is 9.55 Å². The number of hydrogen-bond donors (Lipinski definition) is 3. The first-order valence-electron chi connectivity index (χ1n) is 6.09. The topological polar surface area (TPSA) is 87.7 Å². The molecule has 0 radical (unpaired) electrons. The largest absolute Gasteiger partial charge is 0.394 e. The van der Waals surface area contributed by atoms with Crippen LogP contribution in [0.5, 0.6) is 0 Å². The predicted molar refractivity (Wildman–Crippen MR) is 77.8 cm³/mol. The van der Waals surface area contributed by atoms with Crippen LogP contribution in [-0.4, -0.2) is 49.8 Å². The van der Waals surface area contributed by atoms with Gasteiger partial charge in [0.15, 0.2) is 6.23 Å². The van der Waals surface area contributed by atoms with Gasteiger partial charge in [-0.15, -0.1) is 0 Å². The zero-order valence-electron chi connectivity index (χ0n) is 10.4. The Bertz CT molecular complexity index is 693. The molecule has 1 saturated heterocycles. The SMILES string of the molecule is OC[C@H]1O[C@@H](n2c(Cl)nc3cc(Cl)c(Cl)cc32)[C@@H](O)[C@H]1O. The van der Waals surface area contributed by atoms with E-state index in [1.807, 2.05) is 0 Å². The zero-order chi connectivity index (χ0) is 15.3. The van der Waals surface area contributed by atoms with Crippen molar-refractivity contribution in [3.8, 4) is 0 Å². The van der Waals surface area contributed by atoms with Crippen LogP contribution in [0.3, 0.4) is 0 Å². The normalized spacial score (nSPS) is 29.4. The number of aliphatic hydroxyl groups excluding tert-OH is 3. The first-order valence-corrected chi connectivity index (χ1v) is 7.22. The average Bonchev–Trinajstić information content (AvgIpc) is 2.89. The highest BCUT2D eigenvalue weighted by atomic mass is 35.5. The number of imidazole rings is 1. The van der Waals surface area contributed by atoms with Crippen LogP contribution in [0.1, 0.15) is 6.23 Å². The molecule has 0 unspecified atom stereocenters. The summed E-state index contributed by atoms with van der Waals surface area (Å²) in [6.07, 6.45) is -4.36. The molecule has 2 heterocycles. The van der Waals surface area contributed by atoms with Crippen LogP contribution in [0, 0.1) is 0 Å². The molecule has 0 amide bonds. The number of rotatable bonds is 2. The molecule has 21 heavy (non-hydrogen) atoms. The van der Waals surface area contributed by atoms with Crippen molar-refractivity contribution in [3.63, 3.8) is 0 Å². The van der Waals surface area contributed by atoms with Crippen LogP contribution in [0.15, 0.2) is 12.1 Å². The summed E-state index contributed by atoms with van der Waals surface area (Å²) in [4.78, 5) is 4.12. The number of halogens is 3. The highest BCUT2D eigenvalue weighted by molar-refractivity contribution is 6.42. The van der Waals surface area contributed by atoms with Gasteiger partial charge in [0.1, 0.15) is 18.3 Å². The van der Waals surface area contributed by atoms with E-state index in [0.717, 1.165) is 0 Å². The van der Waals surface area contributed by atoms with Crippen LogP contribution in [-0.2, 0) is 4.74 Å². The number of aliphatic hydroxyl groups is 3. The van der Waals surface area contributed by atoms with Gasteiger partial charge in [0, 0.05) is 0 Å². The van der Waals surface area contributed by atoms with E-state index in [-0.39, 0.29) is 5.28 Å². The summed E-state index contributed by atoms with van der Waals surface area (Å²) in [6, 6.07) is 3.09. The molecule has 6 nitrogen and oxygen atoms in total. The third-order valence-electron chi connectivity index (χ3n) is 3.46. The van der Waals surface area contributed by atoms with Crippen LogP contribution in [0.2, 0.25) is 15.3 Å². The van der Waals surface area contributed by atoms with E-state index < -0.39 is 31.1 Å². The molecular weight excluding hydrogens is 343 g/mol. The maximum atomic E-state index is 10.1. The van der Waals surface area contributed by atoms with Gasteiger partial charge in [-0.25, -0.2) is 4.98 Å². The molecule has 0 saturated carbocycles. The summed E-state index contributed by atoms with van der Waals surface area (Å²) >= 11 is 18.0. The summed E-state index contributed by atoms with van der Waals surface area (Å²) in [7, 11) is 0. The Morgan fingerprint density at radius 2 is 1.81 bits per heavy atom. The second-order valence-corrected chi connectivity index (χ2v) is 5.89. The first-order chi connectivity index (χ1) is 9.93. The molecule has 1 aromatic heterocycles. The van der Waals surface area contributed by atoms with Gasteiger partial charge < -0.3 is 20.1 Å². The Balaban J connectivity index is 2.12. The fourth-order valence-corrected chi connectivity index (χ4v) is 2.99. The predicted octanol–water partition coefficient (Wildman–Crippen LogP) is 1.61. The minimum Gasteiger partial charge on any atom is -0.394 e. The van der Waals surface area contributed by atoms with E-state index in [2.05, 4.69) is 4.98 Å². The number of fused-ring (bicyclic) bond motifs is 1. The summed E-state index contributed by atoms with van der Waals surface area (Å²) in [6.45, 7) is -0.425. The molecule has 0 bridgehead atoms. The summed E-state index contributed by atoms with van der Waals surface area (Å²) < 4.78 is 6.86. The van der Waals surface area contributed by atoms with E-state index >= 15 is 0 Å². The van der Waals surface area contributed by atoms with Gasteiger partial charge in [-0.2, -0.15) is 0 Å². The van der Waals surface area contributed by atoms with Crippen LogP contribution >= 0.6 is 34.8 Å². The van der Waals surface area contributed by atoms with Crippen LogP contribution in [0.25, 0.3) is 11.0 Å². The molecule has 0 spiro atoms. The molecule has 114 valence electrons. The summed E-state index contributed by atoms with van der Waals surface area (Å²) in [5.41, 5.74) is 0.983. The van der Waals surface area contributed by atoms with E-state index in [1.165, 1.54) is 4.57 Å². The van der Waals surface area contributed by atoms with Crippen molar-refractivity contribution < 1.29 is 20.1 Å². The molecule has 0 aliphatic carbocycles. The number of benzene rings is 1. The molecule has 1 aliphatic rings. The van der Waals surface area contributed by atoms with Gasteiger partial charge in [0.05, 0.1) is 27.7 Å². The number of nitrogens with zero attached hydrogens (tertiary/aromatic N) is 2. The molecule has 9 heteroatoms. The third kappa shape index (κ3) is 2.41. The number of aromatic nitrogens is 2. The molecule has 2 aromatic rings. The lowest BCUT2D eigenvalue weighted by Crippen LogP contribution is -2.33. The maximum absolute atomic E-state index is 10.1. The second kappa shape index (κ2) is 5.55. The van der Waals surface area contributed by atoms with E-state index in [0.29, 0.717) is 21.1 Å². The highest BCUT2D eigenvalue weighted by Gasteiger charge is 2.44. The maximum Gasteiger partial charge on any atom is 0.206 e. The van der Waals surface area contributed by atoms with Gasteiger partial charge in [-0.3, -0.25) is 4.57 Å². The minimum absolute atomic E-state index is 0.0539. The van der Waals surface area contributed by atoms with Crippen molar-refractivity contribution in [2.45, 2.75) is 24.5 Å². The van der Waals surface area contributed by atoms with Gasteiger partial charge in [0.25, 0.3) is 0 Å². The Morgan fingerprint density at radius 3 is 2.43 bits per heavy atom. The lowest BCUT2D eigenvalue weighted by atomic mass is 10.1. The van der Waals surface area contributed by atoms with Crippen LogP contribution in [0.4, 0.5) is 0 Å². The molecule has 3 rings (SSSR count). The van der Waals surface area contributed by atoms with E-state index in [1.54, 1.807) is 12.1 Å². The van der Waals surface area contributed by atoms with Crippen molar-refractivity contribution in [2.75, 3.05) is 6.61 Å². The lowest BCUT2D eigenvalue weighted by Gasteiger charge is -2.18. The molecule has 1 aliphatic heterocycles. The van der Waals surface area contributed by atoms with Gasteiger partial charge in [-0.05, 0) is 23.7 Å². The molecule has 3 N–H and O–H groups in total. The first kappa shape index (κ1) is 15.3. The lowest BCUT2D eigenvalue weighted by molar-refractivity contribution is -0.0507. The fraction of sp³-hybridized carbons (Fsp3) is 0.417. The molecular formula is C12H11Cl3N2O4. The number of ether oxygens (including phenoxy) is 1. The Kier molecular flexibility index (Phi) is 4.04. The third-order valence-corrected chi connectivity index (χ3v) is 4.45. The van der Waals surface area contributed by atoms with E-state index in [4.69, 9.17) is 44.6 Å². The molecule has 1 fully saturated rings. The molecule has 1 aromatic carbocycles. The Labute approximate surface area is 134 Å². The Morgan fingerprint density at radius 1 is 1.14 bits per heavy atom. The van der Waals surface area contributed by atoms with E-state index in [9.17, 15) is 10.2 Å². The quantitative estimate of drug-likeness (QED) is 0.763. The average molecular weight is 354 g/mol. The van der Waals surface area contributed by atoms with Gasteiger partial charge >= 0.3 is 0 Å². The van der Waals surface area contributed by atoms with Crippen LogP contribution < -0.4 is 0 Å². The highest BCUT2D eigenvalue weighted by Crippen LogP contribution is 2.36. The number of hydrogen-bond acceptors (Lipinski definition) is 5. The summed E-state index contributed by atoms with van der Waals surface area (Å²) in [5.74, 6) is 0.